The first kappa shape index (κ1) is 24.9. The first-order valence-electron chi connectivity index (χ1n) is 13.1. The van der Waals surface area contributed by atoms with Gasteiger partial charge in [0.15, 0.2) is 5.13 Å². The summed E-state index contributed by atoms with van der Waals surface area (Å²) in [7, 11) is 0. The highest BCUT2D eigenvalue weighted by Gasteiger charge is 2.20. The molecule has 0 radical (unpaired) electrons. The second-order valence-corrected chi connectivity index (χ2v) is 10.8. The number of morpholine rings is 1. The van der Waals surface area contributed by atoms with Crippen molar-refractivity contribution in [1.82, 2.24) is 35.1 Å². The Labute approximate surface area is 225 Å². The molecule has 3 aromatic heterocycles. The first-order chi connectivity index (χ1) is 18.7. The minimum Gasteiger partial charge on any atom is -0.379 e. The molecule has 4 heterocycles. The van der Waals surface area contributed by atoms with Gasteiger partial charge in [0.1, 0.15) is 11.6 Å². The fraction of sp³-hybridized carbons (Fsp3) is 0.423. The summed E-state index contributed by atoms with van der Waals surface area (Å²) in [6.07, 6.45) is 5.97. The van der Waals surface area contributed by atoms with E-state index in [9.17, 15) is 0 Å². The fourth-order valence-corrected chi connectivity index (χ4v) is 5.58. The minimum atomic E-state index is 0.314. The van der Waals surface area contributed by atoms with Crippen molar-refractivity contribution in [2.24, 2.45) is 5.73 Å². The number of nitrogens with zero attached hydrogens (tertiary/aromatic N) is 7. The number of rotatable bonds is 8. The van der Waals surface area contributed by atoms with E-state index in [1.165, 1.54) is 21.7 Å². The van der Waals surface area contributed by atoms with Crippen LogP contribution in [-0.2, 0) is 11.3 Å². The number of ether oxygens (including phenoxy) is 1. The Morgan fingerprint density at radius 1 is 1.03 bits per heavy atom. The van der Waals surface area contributed by atoms with E-state index in [1.54, 1.807) is 6.20 Å². The van der Waals surface area contributed by atoms with Crippen LogP contribution in [0.15, 0.2) is 48.7 Å². The Bertz CT molecular complexity index is 1330. The van der Waals surface area contributed by atoms with Crippen molar-refractivity contribution < 1.29 is 4.74 Å². The normalized spacial score (nSPS) is 20.3. The van der Waals surface area contributed by atoms with Crippen molar-refractivity contribution in [3.8, 4) is 16.4 Å². The number of aromatic nitrogens is 6. The number of nitrogens with one attached hydrogen (secondary N) is 2. The van der Waals surface area contributed by atoms with Crippen LogP contribution in [-0.4, -0.2) is 73.5 Å². The number of para-hydroxylation sites is 1. The van der Waals surface area contributed by atoms with Crippen LogP contribution in [0.25, 0.3) is 16.4 Å². The summed E-state index contributed by atoms with van der Waals surface area (Å²) in [5.41, 5.74) is 8.17. The number of anilines is 3. The van der Waals surface area contributed by atoms with Crippen LogP contribution < -0.4 is 16.4 Å². The Morgan fingerprint density at radius 3 is 2.63 bits per heavy atom. The molecule has 1 aromatic carbocycles. The lowest BCUT2D eigenvalue weighted by Crippen LogP contribution is -2.35. The average Bonchev–Trinajstić information content (AvgIpc) is 3.61. The molecule has 2 aliphatic rings. The van der Waals surface area contributed by atoms with Crippen LogP contribution in [0, 0.1) is 0 Å². The van der Waals surface area contributed by atoms with Crippen molar-refractivity contribution >= 4 is 28.1 Å². The van der Waals surface area contributed by atoms with Gasteiger partial charge in [-0.25, -0.2) is 9.97 Å². The van der Waals surface area contributed by atoms with Crippen molar-refractivity contribution in [2.75, 3.05) is 36.9 Å². The summed E-state index contributed by atoms with van der Waals surface area (Å²) in [6, 6.07) is 14.7. The van der Waals surface area contributed by atoms with Gasteiger partial charge in [-0.2, -0.15) is 0 Å². The molecule has 4 aromatic rings. The Kier molecular flexibility index (Phi) is 7.54. The fourth-order valence-electron chi connectivity index (χ4n) is 4.84. The molecular formula is C26H32N10OS. The SMILES string of the molecule is N[C@H]1CC[C@H](Nc2cc(CN3CCOCC3)cc(Nc3ncc(-c4nnn(-c5ccccc5)n4)s3)n2)CC1. The largest absolute Gasteiger partial charge is 0.379 e. The van der Waals surface area contributed by atoms with E-state index in [2.05, 4.69) is 48.1 Å². The number of hydrogen-bond donors (Lipinski definition) is 3. The average molecular weight is 533 g/mol. The summed E-state index contributed by atoms with van der Waals surface area (Å²) in [5.74, 6) is 2.17. The molecule has 38 heavy (non-hydrogen) atoms. The monoisotopic (exact) mass is 532 g/mol. The molecule has 2 fully saturated rings. The van der Waals surface area contributed by atoms with E-state index < -0.39 is 0 Å². The maximum Gasteiger partial charge on any atom is 0.216 e. The van der Waals surface area contributed by atoms with Gasteiger partial charge in [-0.05, 0) is 60.7 Å². The number of hydrogen-bond acceptors (Lipinski definition) is 11. The maximum absolute atomic E-state index is 6.11. The molecule has 1 saturated heterocycles. The Morgan fingerprint density at radius 2 is 1.82 bits per heavy atom. The molecule has 1 aliphatic heterocycles. The number of pyridine rings is 1. The molecule has 0 amide bonds. The molecule has 0 spiro atoms. The van der Waals surface area contributed by atoms with Crippen LogP contribution in [0.5, 0.6) is 0 Å². The summed E-state index contributed by atoms with van der Waals surface area (Å²) in [5, 5.41) is 20.7. The number of benzene rings is 1. The van der Waals surface area contributed by atoms with Crippen LogP contribution in [0.3, 0.4) is 0 Å². The summed E-state index contributed by atoms with van der Waals surface area (Å²) in [6.45, 7) is 4.25. The van der Waals surface area contributed by atoms with E-state index in [0.29, 0.717) is 17.9 Å². The Balaban J connectivity index is 1.19. The quantitative estimate of drug-likeness (QED) is 0.310. The smallest absolute Gasteiger partial charge is 0.216 e. The standard InChI is InChI=1S/C26H32N10OS/c27-19-6-8-20(9-7-19)29-23-14-18(17-35-10-12-37-13-11-35)15-24(30-23)31-26-28-16-22(38-26)25-32-34-36(33-25)21-4-2-1-3-5-21/h1-5,14-16,19-20H,6-13,17,27H2,(H2,28,29,30,31)/t19-,20-. The van der Waals surface area contributed by atoms with Gasteiger partial charge < -0.3 is 21.1 Å². The highest BCUT2D eigenvalue weighted by molar-refractivity contribution is 7.18. The summed E-state index contributed by atoms with van der Waals surface area (Å²) >= 11 is 1.47. The van der Waals surface area contributed by atoms with Gasteiger partial charge in [0.05, 0.1) is 30.0 Å². The lowest BCUT2D eigenvalue weighted by atomic mass is 9.92. The molecule has 0 unspecified atom stereocenters. The molecule has 11 nitrogen and oxygen atoms in total. The molecule has 6 rings (SSSR count). The van der Waals surface area contributed by atoms with Gasteiger partial charge in [0, 0.05) is 31.7 Å². The molecule has 0 bridgehead atoms. The van der Waals surface area contributed by atoms with Gasteiger partial charge in [-0.3, -0.25) is 4.90 Å². The predicted octanol–water partition coefficient (Wildman–Crippen LogP) is 3.44. The zero-order valence-corrected chi connectivity index (χ0v) is 22.0. The van der Waals surface area contributed by atoms with Crippen molar-refractivity contribution in [1.29, 1.82) is 0 Å². The van der Waals surface area contributed by atoms with Crippen LogP contribution in [0.1, 0.15) is 31.2 Å². The summed E-state index contributed by atoms with van der Waals surface area (Å²) in [4.78, 5) is 14.2. The van der Waals surface area contributed by atoms with Gasteiger partial charge in [-0.1, -0.05) is 29.5 Å². The zero-order chi connectivity index (χ0) is 25.7. The molecule has 1 saturated carbocycles. The molecular weight excluding hydrogens is 500 g/mol. The van der Waals surface area contributed by atoms with Gasteiger partial charge in [0.25, 0.3) is 0 Å². The molecule has 12 heteroatoms. The second-order valence-electron chi connectivity index (χ2n) is 9.78. The predicted molar refractivity (Wildman–Crippen MR) is 148 cm³/mol. The Hall–Kier alpha value is -3.45. The lowest BCUT2D eigenvalue weighted by molar-refractivity contribution is 0.0342. The van der Waals surface area contributed by atoms with Crippen molar-refractivity contribution in [2.45, 2.75) is 44.3 Å². The number of tetrazole rings is 1. The first-order valence-corrected chi connectivity index (χ1v) is 13.9. The topological polar surface area (TPSA) is 132 Å². The van der Waals surface area contributed by atoms with Crippen molar-refractivity contribution in [3.05, 3.63) is 54.2 Å². The van der Waals surface area contributed by atoms with Crippen LogP contribution in [0.4, 0.5) is 16.8 Å². The van der Waals surface area contributed by atoms with Gasteiger partial charge in [-0.15, -0.1) is 15.0 Å². The molecule has 198 valence electrons. The third-order valence-electron chi connectivity index (χ3n) is 6.88. The maximum atomic E-state index is 6.11. The number of nitrogens with two attached hydrogens (primary N) is 1. The van der Waals surface area contributed by atoms with E-state index in [1.807, 2.05) is 30.3 Å². The molecule has 4 N–H and O–H groups in total. The molecule has 0 atom stereocenters. The van der Waals surface area contributed by atoms with E-state index >= 15 is 0 Å². The van der Waals surface area contributed by atoms with E-state index in [-0.39, 0.29) is 0 Å². The second kappa shape index (κ2) is 11.5. The van der Waals surface area contributed by atoms with Crippen molar-refractivity contribution in [3.63, 3.8) is 0 Å². The summed E-state index contributed by atoms with van der Waals surface area (Å²) < 4.78 is 5.53. The minimum absolute atomic E-state index is 0.314. The van der Waals surface area contributed by atoms with E-state index in [0.717, 1.165) is 85.9 Å². The van der Waals surface area contributed by atoms with E-state index in [4.69, 9.17) is 15.5 Å². The third kappa shape index (κ3) is 6.16. The third-order valence-corrected chi connectivity index (χ3v) is 7.79. The lowest BCUT2D eigenvalue weighted by Gasteiger charge is -2.28. The van der Waals surface area contributed by atoms with Gasteiger partial charge >= 0.3 is 0 Å². The zero-order valence-electron chi connectivity index (χ0n) is 21.2. The van der Waals surface area contributed by atoms with Crippen LogP contribution >= 0.6 is 11.3 Å². The van der Waals surface area contributed by atoms with Gasteiger partial charge in [0.2, 0.25) is 5.82 Å². The number of thiazole rings is 1. The molecule has 1 aliphatic carbocycles. The highest BCUT2D eigenvalue weighted by Crippen LogP contribution is 2.29. The van der Waals surface area contributed by atoms with Crippen LogP contribution in [0.2, 0.25) is 0 Å². The highest BCUT2D eigenvalue weighted by atomic mass is 32.1.